The molecule has 5 nitrogen and oxygen atoms in total. The van der Waals surface area contributed by atoms with Gasteiger partial charge in [0.25, 0.3) is 0 Å². The number of aliphatic imine (C=N–C) groups is 1. The minimum Gasteiger partial charge on any atom is -0.508 e. The molecule has 0 spiro atoms. The lowest BCUT2D eigenvalue weighted by atomic mass is 10.2. The number of aromatic hydroxyl groups is 1. The number of phenolic OH excluding ortho intramolecular Hbond substituents is 1. The highest BCUT2D eigenvalue weighted by Gasteiger charge is 2.15. The van der Waals surface area contributed by atoms with Crippen molar-refractivity contribution in [3.8, 4) is 22.8 Å². The van der Waals surface area contributed by atoms with Crippen LogP contribution in [0.25, 0.3) is 17.1 Å². The zero-order valence-electron chi connectivity index (χ0n) is 12.1. The van der Waals surface area contributed by atoms with Gasteiger partial charge in [-0.1, -0.05) is 23.2 Å². The quantitative estimate of drug-likeness (QED) is 0.701. The minimum absolute atomic E-state index is 0.0943. The first-order valence-corrected chi connectivity index (χ1v) is 7.53. The number of aromatic nitrogens is 3. The van der Waals surface area contributed by atoms with E-state index in [0.29, 0.717) is 27.1 Å². The van der Waals surface area contributed by atoms with Crippen LogP contribution in [0.1, 0.15) is 6.92 Å². The minimum atomic E-state index is 0.0943. The number of hydrogen-bond acceptors (Lipinski definition) is 4. The fourth-order valence-electron chi connectivity index (χ4n) is 2.22. The molecule has 0 fully saturated rings. The molecule has 0 saturated carbocycles. The van der Waals surface area contributed by atoms with Gasteiger partial charge in [-0.25, -0.2) is 0 Å². The van der Waals surface area contributed by atoms with Gasteiger partial charge in [0.15, 0.2) is 5.82 Å². The molecule has 7 heteroatoms. The van der Waals surface area contributed by atoms with Crippen LogP contribution in [0.3, 0.4) is 0 Å². The Labute approximate surface area is 142 Å². The Bertz CT molecular complexity index is 890. The highest BCUT2D eigenvalue weighted by atomic mass is 35.5. The third-order valence-electron chi connectivity index (χ3n) is 3.20. The van der Waals surface area contributed by atoms with Gasteiger partial charge < -0.3 is 5.11 Å². The third-order valence-corrected chi connectivity index (χ3v) is 3.77. The Hall–Kier alpha value is -2.37. The summed E-state index contributed by atoms with van der Waals surface area (Å²) in [6, 6.07) is 10.0. The van der Waals surface area contributed by atoms with E-state index in [2.05, 4.69) is 15.2 Å². The van der Waals surface area contributed by atoms with E-state index in [9.17, 15) is 5.11 Å². The molecule has 0 unspecified atom stereocenters. The summed E-state index contributed by atoms with van der Waals surface area (Å²) < 4.78 is 1.73. The van der Waals surface area contributed by atoms with Crippen LogP contribution in [0.15, 0.2) is 47.7 Å². The average molecular weight is 347 g/mol. The molecule has 0 radical (unpaired) electrons. The number of phenols is 1. The molecule has 3 rings (SSSR count). The standard InChI is InChI=1S/C16H12Cl2N4O/c1-2-19-14-6-3-10(17)7-15(14)22-9-20-21-16(22)12-8-11(23)4-5-13(12)18/h2-9,23H,1H3/b19-2+. The van der Waals surface area contributed by atoms with Crippen molar-refractivity contribution >= 4 is 35.1 Å². The fraction of sp³-hybridized carbons (Fsp3) is 0.0625. The number of nitrogens with zero attached hydrogens (tertiary/aromatic N) is 4. The van der Waals surface area contributed by atoms with Gasteiger partial charge in [0.05, 0.1) is 16.4 Å². The zero-order chi connectivity index (χ0) is 16.4. The van der Waals surface area contributed by atoms with E-state index in [-0.39, 0.29) is 5.75 Å². The number of halogens is 2. The second-order valence-electron chi connectivity index (χ2n) is 4.71. The lowest BCUT2D eigenvalue weighted by Crippen LogP contribution is -1.97. The topological polar surface area (TPSA) is 63.3 Å². The molecule has 1 aromatic heterocycles. The van der Waals surface area contributed by atoms with Gasteiger partial charge in [-0.3, -0.25) is 9.56 Å². The summed E-state index contributed by atoms with van der Waals surface area (Å²) >= 11 is 12.3. The van der Waals surface area contributed by atoms with E-state index < -0.39 is 0 Å². The summed E-state index contributed by atoms with van der Waals surface area (Å²) in [5, 5.41) is 18.8. The molecule has 0 aliphatic carbocycles. The van der Waals surface area contributed by atoms with Gasteiger partial charge in [0.1, 0.15) is 12.1 Å². The lowest BCUT2D eigenvalue weighted by molar-refractivity contribution is 0.475. The van der Waals surface area contributed by atoms with Crippen molar-refractivity contribution in [1.29, 1.82) is 0 Å². The summed E-state index contributed by atoms with van der Waals surface area (Å²) in [6.07, 6.45) is 3.24. The highest BCUT2D eigenvalue weighted by molar-refractivity contribution is 6.33. The Balaban J connectivity index is 2.23. The first-order chi connectivity index (χ1) is 11.1. The van der Waals surface area contributed by atoms with Crippen molar-refractivity contribution in [1.82, 2.24) is 14.8 Å². The van der Waals surface area contributed by atoms with Crippen molar-refractivity contribution in [3.05, 3.63) is 52.8 Å². The second kappa shape index (κ2) is 6.40. The maximum Gasteiger partial charge on any atom is 0.170 e. The highest BCUT2D eigenvalue weighted by Crippen LogP contribution is 2.34. The number of benzene rings is 2. The van der Waals surface area contributed by atoms with Gasteiger partial charge in [-0.05, 0) is 43.3 Å². The predicted molar refractivity (Wildman–Crippen MR) is 92.3 cm³/mol. The molecule has 116 valence electrons. The van der Waals surface area contributed by atoms with Crippen molar-refractivity contribution in [2.45, 2.75) is 6.92 Å². The van der Waals surface area contributed by atoms with Crippen molar-refractivity contribution < 1.29 is 5.11 Å². The van der Waals surface area contributed by atoms with E-state index in [1.807, 2.05) is 13.0 Å². The normalized spacial score (nSPS) is 11.3. The molecule has 23 heavy (non-hydrogen) atoms. The Morgan fingerprint density at radius 1 is 1.17 bits per heavy atom. The molecular weight excluding hydrogens is 335 g/mol. The van der Waals surface area contributed by atoms with E-state index >= 15 is 0 Å². The SMILES string of the molecule is C/C=N/c1ccc(Cl)cc1-n1cnnc1-c1cc(O)ccc1Cl. The molecule has 0 saturated heterocycles. The number of hydrogen-bond donors (Lipinski definition) is 1. The first kappa shape index (κ1) is 15.5. The molecule has 0 aliphatic rings. The van der Waals surface area contributed by atoms with E-state index in [4.69, 9.17) is 23.2 Å². The lowest BCUT2D eigenvalue weighted by Gasteiger charge is -2.11. The Morgan fingerprint density at radius 3 is 2.78 bits per heavy atom. The van der Waals surface area contributed by atoms with Gasteiger partial charge in [-0.15, -0.1) is 10.2 Å². The summed E-state index contributed by atoms with van der Waals surface area (Å²) in [5.74, 6) is 0.581. The van der Waals surface area contributed by atoms with Crippen LogP contribution in [0.5, 0.6) is 5.75 Å². The monoisotopic (exact) mass is 346 g/mol. The zero-order valence-corrected chi connectivity index (χ0v) is 13.6. The molecule has 0 amide bonds. The van der Waals surface area contributed by atoms with Gasteiger partial charge >= 0.3 is 0 Å². The van der Waals surface area contributed by atoms with Crippen molar-refractivity contribution in [2.24, 2.45) is 4.99 Å². The first-order valence-electron chi connectivity index (χ1n) is 6.77. The number of rotatable bonds is 3. The largest absolute Gasteiger partial charge is 0.508 e. The van der Waals surface area contributed by atoms with Crippen molar-refractivity contribution in [3.63, 3.8) is 0 Å². The summed E-state index contributed by atoms with van der Waals surface area (Å²) in [4.78, 5) is 4.34. The van der Waals surface area contributed by atoms with Crippen LogP contribution < -0.4 is 0 Å². The predicted octanol–water partition coefficient (Wildman–Crippen LogP) is 4.67. The van der Waals surface area contributed by atoms with Crippen LogP contribution in [0.4, 0.5) is 5.69 Å². The maximum absolute atomic E-state index is 9.72. The van der Waals surface area contributed by atoms with Crippen molar-refractivity contribution in [2.75, 3.05) is 0 Å². The Morgan fingerprint density at radius 2 is 2.00 bits per heavy atom. The molecule has 0 atom stereocenters. The molecule has 2 aromatic carbocycles. The van der Waals surface area contributed by atoms with E-state index in [1.165, 1.54) is 12.1 Å². The molecule has 1 heterocycles. The van der Waals surface area contributed by atoms with Gasteiger partial charge in [0.2, 0.25) is 0 Å². The Kier molecular flexibility index (Phi) is 4.32. The summed E-state index contributed by atoms with van der Waals surface area (Å²) in [7, 11) is 0. The molecular formula is C16H12Cl2N4O. The van der Waals surface area contributed by atoms with Gasteiger partial charge in [-0.2, -0.15) is 0 Å². The summed E-state index contributed by atoms with van der Waals surface area (Å²) in [6.45, 7) is 1.83. The molecule has 1 N–H and O–H groups in total. The van der Waals surface area contributed by atoms with Crippen LogP contribution in [-0.2, 0) is 0 Å². The van der Waals surface area contributed by atoms with Crippen LogP contribution in [0, 0.1) is 0 Å². The van der Waals surface area contributed by atoms with Gasteiger partial charge in [0, 0.05) is 16.8 Å². The van der Waals surface area contributed by atoms with Crippen LogP contribution in [0.2, 0.25) is 10.0 Å². The average Bonchev–Trinajstić information content (AvgIpc) is 3.01. The van der Waals surface area contributed by atoms with Crippen LogP contribution in [-0.4, -0.2) is 26.1 Å². The molecule has 0 bridgehead atoms. The summed E-state index contributed by atoms with van der Waals surface area (Å²) in [5.41, 5.74) is 2.00. The maximum atomic E-state index is 9.72. The third kappa shape index (κ3) is 3.06. The fourth-order valence-corrected chi connectivity index (χ4v) is 2.59. The van der Waals surface area contributed by atoms with E-state index in [0.717, 1.165) is 5.69 Å². The smallest absolute Gasteiger partial charge is 0.170 e. The van der Waals surface area contributed by atoms with Crippen LogP contribution >= 0.6 is 23.2 Å². The molecule has 3 aromatic rings. The molecule has 0 aliphatic heterocycles. The van der Waals surface area contributed by atoms with E-state index in [1.54, 1.807) is 35.3 Å². The second-order valence-corrected chi connectivity index (χ2v) is 5.55.